The summed E-state index contributed by atoms with van der Waals surface area (Å²) in [7, 11) is 1.78. The molecule has 0 aromatic heterocycles. The Labute approximate surface area is 114 Å². The van der Waals surface area contributed by atoms with E-state index >= 15 is 0 Å². The van der Waals surface area contributed by atoms with Crippen molar-refractivity contribution in [2.45, 2.75) is 38.1 Å². The van der Waals surface area contributed by atoms with Crippen LogP contribution in [0.4, 0.5) is 5.69 Å². The second-order valence-electron chi connectivity index (χ2n) is 5.15. The number of phenols is 1. The summed E-state index contributed by atoms with van der Waals surface area (Å²) in [5.74, 6) is 0.342. The van der Waals surface area contributed by atoms with Crippen LogP contribution in [0.15, 0.2) is 24.3 Å². The lowest BCUT2D eigenvalue weighted by molar-refractivity contribution is -0.118. The Morgan fingerprint density at radius 1 is 1.37 bits per heavy atom. The number of amides is 1. The first-order valence-corrected chi connectivity index (χ1v) is 6.96. The van der Waals surface area contributed by atoms with Crippen LogP contribution < -0.4 is 10.2 Å². The number of piperidine rings is 1. The Morgan fingerprint density at radius 2 is 2.11 bits per heavy atom. The van der Waals surface area contributed by atoms with E-state index < -0.39 is 0 Å². The van der Waals surface area contributed by atoms with Crippen molar-refractivity contribution in [3.05, 3.63) is 24.3 Å². The molecule has 0 bridgehead atoms. The highest BCUT2D eigenvalue weighted by atomic mass is 16.3. The van der Waals surface area contributed by atoms with E-state index in [1.54, 1.807) is 36.2 Å². The first-order valence-electron chi connectivity index (χ1n) is 6.96. The minimum Gasteiger partial charge on any atom is -0.508 e. The van der Waals surface area contributed by atoms with Gasteiger partial charge in [0.05, 0.1) is 0 Å². The molecule has 1 aromatic carbocycles. The number of nitrogens with one attached hydrogen (secondary N) is 1. The van der Waals surface area contributed by atoms with Crippen LogP contribution in [0.3, 0.4) is 0 Å². The average molecular weight is 262 g/mol. The zero-order chi connectivity index (χ0) is 13.7. The maximum atomic E-state index is 12.1. The Balaban J connectivity index is 1.83. The molecule has 19 heavy (non-hydrogen) atoms. The Kier molecular flexibility index (Phi) is 4.80. The number of benzene rings is 1. The molecule has 1 fully saturated rings. The zero-order valence-corrected chi connectivity index (χ0v) is 11.4. The molecule has 0 aliphatic carbocycles. The average Bonchev–Trinajstić information content (AvgIpc) is 2.46. The second kappa shape index (κ2) is 6.57. The van der Waals surface area contributed by atoms with Crippen LogP contribution in [-0.2, 0) is 4.79 Å². The number of anilines is 1. The van der Waals surface area contributed by atoms with Crippen LogP contribution in [0.2, 0.25) is 0 Å². The maximum Gasteiger partial charge on any atom is 0.226 e. The molecule has 1 aliphatic rings. The molecule has 0 radical (unpaired) electrons. The van der Waals surface area contributed by atoms with Crippen LogP contribution in [0.25, 0.3) is 0 Å². The predicted octanol–water partition coefficient (Wildman–Crippen LogP) is 2.28. The summed E-state index contributed by atoms with van der Waals surface area (Å²) >= 11 is 0. The number of rotatable bonds is 4. The van der Waals surface area contributed by atoms with Gasteiger partial charge in [-0.3, -0.25) is 4.79 Å². The van der Waals surface area contributed by atoms with Crippen LogP contribution in [0.5, 0.6) is 5.75 Å². The minimum absolute atomic E-state index is 0.123. The Morgan fingerprint density at radius 3 is 2.74 bits per heavy atom. The third-order valence-electron chi connectivity index (χ3n) is 3.73. The number of aromatic hydroxyl groups is 1. The van der Waals surface area contributed by atoms with Gasteiger partial charge < -0.3 is 15.3 Å². The molecule has 1 aliphatic heterocycles. The fraction of sp³-hybridized carbons (Fsp3) is 0.533. The SMILES string of the molecule is CN(C(=O)CCC1CCCCN1)c1ccc(O)cc1. The topological polar surface area (TPSA) is 52.6 Å². The number of nitrogens with zero attached hydrogens (tertiary/aromatic N) is 1. The van der Waals surface area contributed by atoms with Crippen LogP contribution >= 0.6 is 0 Å². The third kappa shape index (κ3) is 3.96. The van der Waals surface area contributed by atoms with Gasteiger partial charge in [0.15, 0.2) is 0 Å². The summed E-state index contributed by atoms with van der Waals surface area (Å²) in [6.07, 6.45) is 5.16. The van der Waals surface area contributed by atoms with E-state index in [0.717, 1.165) is 18.7 Å². The molecule has 2 N–H and O–H groups in total. The monoisotopic (exact) mass is 262 g/mol. The number of hydrogen-bond acceptors (Lipinski definition) is 3. The van der Waals surface area contributed by atoms with E-state index in [1.165, 1.54) is 19.3 Å². The lowest BCUT2D eigenvalue weighted by Gasteiger charge is -2.24. The number of carbonyl (C=O) groups excluding carboxylic acids is 1. The lowest BCUT2D eigenvalue weighted by atomic mass is 10.0. The van der Waals surface area contributed by atoms with Gasteiger partial charge in [0.25, 0.3) is 0 Å². The highest BCUT2D eigenvalue weighted by Crippen LogP contribution is 2.19. The van der Waals surface area contributed by atoms with Crippen molar-refractivity contribution in [1.29, 1.82) is 0 Å². The summed E-state index contributed by atoms with van der Waals surface area (Å²) < 4.78 is 0. The number of phenolic OH excluding ortho intramolecular Hbond substituents is 1. The van der Waals surface area contributed by atoms with E-state index in [0.29, 0.717) is 12.5 Å². The lowest BCUT2D eigenvalue weighted by Crippen LogP contribution is -2.35. The summed E-state index contributed by atoms with van der Waals surface area (Å²) in [5.41, 5.74) is 0.819. The van der Waals surface area contributed by atoms with Gasteiger partial charge in [-0.1, -0.05) is 6.42 Å². The van der Waals surface area contributed by atoms with Gasteiger partial charge in [0.1, 0.15) is 5.75 Å². The molecular weight excluding hydrogens is 240 g/mol. The van der Waals surface area contributed by atoms with Gasteiger partial charge in [0, 0.05) is 25.2 Å². The smallest absolute Gasteiger partial charge is 0.226 e. The van der Waals surface area contributed by atoms with Gasteiger partial charge in [-0.25, -0.2) is 0 Å². The molecule has 1 amide bonds. The molecule has 1 saturated heterocycles. The molecule has 1 atom stereocenters. The molecule has 1 aromatic rings. The third-order valence-corrected chi connectivity index (χ3v) is 3.73. The van der Waals surface area contributed by atoms with E-state index in [1.807, 2.05) is 0 Å². The highest BCUT2D eigenvalue weighted by Gasteiger charge is 2.16. The first kappa shape index (κ1) is 13.9. The standard InChI is InChI=1S/C15H22N2O2/c1-17(13-6-8-14(18)9-7-13)15(19)10-5-12-4-2-3-11-16-12/h6-9,12,16,18H,2-5,10-11H2,1H3. The van der Waals surface area contributed by atoms with E-state index in [4.69, 9.17) is 0 Å². The van der Waals surface area contributed by atoms with E-state index in [2.05, 4.69) is 5.32 Å². The van der Waals surface area contributed by atoms with Crippen molar-refractivity contribution in [2.75, 3.05) is 18.5 Å². The van der Waals surface area contributed by atoms with Gasteiger partial charge in [0.2, 0.25) is 5.91 Å². The quantitative estimate of drug-likeness (QED) is 0.875. The predicted molar refractivity (Wildman–Crippen MR) is 76.4 cm³/mol. The van der Waals surface area contributed by atoms with Crippen LogP contribution in [0.1, 0.15) is 32.1 Å². The van der Waals surface area contributed by atoms with Crippen molar-refractivity contribution in [2.24, 2.45) is 0 Å². The molecule has 4 nitrogen and oxygen atoms in total. The summed E-state index contributed by atoms with van der Waals surface area (Å²) in [5, 5.41) is 12.7. The van der Waals surface area contributed by atoms with Gasteiger partial charge in [-0.05, 0) is 50.1 Å². The fourth-order valence-corrected chi connectivity index (χ4v) is 2.46. The van der Waals surface area contributed by atoms with Gasteiger partial charge in [-0.15, -0.1) is 0 Å². The molecule has 0 saturated carbocycles. The van der Waals surface area contributed by atoms with E-state index in [9.17, 15) is 9.90 Å². The maximum absolute atomic E-state index is 12.1. The van der Waals surface area contributed by atoms with E-state index in [-0.39, 0.29) is 11.7 Å². The van der Waals surface area contributed by atoms with Crippen molar-refractivity contribution < 1.29 is 9.90 Å². The van der Waals surface area contributed by atoms with Crippen molar-refractivity contribution in [3.8, 4) is 5.75 Å². The summed E-state index contributed by atoms with van der Waals surface area (Å²) in [6.45, 7) is 1.08. The molecule has 0 spiro atoms. The molecule has 1 heterocycles. The van der Waals surface area contributed by atoms with Crippen molar-refractivity contribution >= 4 is 11.6 Å². The van der Waals surface area contributed by atoms with Crippen LogP contribution in [-0.4, -0.2) is 30.6 Å². The Bertz CT molecular complexity index is 411. The molecule has 4 heteroatoms. The molecule has 1 unspecified atom stereocenters. The molecular formula is C15H22N2O2. The molecule has 104 valence electrons. The summed E-state index contributed by atoms with van der Waals surface area (Å²) in [6, 6.07) is 7.20. The Hall–Kier alpha value is -1.55. The minimum atomic E-state index is 0.123. The number of carbonyl (C=O) groups is 1. The normalized spacial score (nSPS) is 19.1. The van der Waals surface area contributed by atoms with Gasteiger partial charge in [-0.2, -0.15) is 0 Å². The highest BCUT2D eigenvalue weighted by molar-refractivity contribution is 5.92. The molecule has 2 rings (SSSR count). The zero-order valence-electron chi connectivity index (χ0n) is 11.4. The van der Waals surface area contributed by atoms with Gasteiger partial charge >= 0.3 is 0 Å². The second-order valence-corrected chi connectivity index (χ2v) is 5.15. The summed E-state index contributed by atoms with van der Waals surface area (Å²) in [4.78, 5) is 13.8. The largest absolute Gasteiger partial charge is 0.508 e. The number of hydrogen-bond donors (Lipinski definition) is 2. The fourth-order valence-electron chi connectivity index (χ4n) is 2.46. The first-order chi connectivity index (χ1) is 9.16. The van der Waals surface area contributed by atoms with Crippen molar-refractivity contribution in [3.63, 3.8) is 0 Å². The van der Waals surface area contributed by atoms with Crippen molar-refractivity contribution in [1.82, 2.24) is 5.32 Å². The van der Waals surface area contributed by atoms with Crippen LogP contribution in [0, 0.1) is 0 Å².